The number of hydrogen-bond donors (Lipinski definition) is 1. The second kappa shape index (κ2) is 5.66. The molecule has 0 fully saturated rings. The van der Waals surface area contributed by atoms with Crippen LogP contribution in [0.3, 0.4) is 0 Å². The summed E-state index contributed by atoms with van der Waals surface area (Å²) in [4.78, 5) is 0. The Morgan fingerprint density at radius 2 is 1.63 bits per heavy atom. The first-order valence-corrected chi connectivity index (χ1v) is 6.49. The Morgan fingerprint density at radius 3 is 2.26 bits per heavy atom. The van der Waals surface area contributed by atoms with E-state index < -0.39 is 0 Å². The quantitative estimate of drug-likeness (QED) is 0.746. The number of benzene rings is 2. The molecule has 0 radical (unpaired) electrons. The second-order valence-corrected chi connectivity index (χ2v) is 4.87. The normalized spacial score (nSPS) is 11.9. The largest absolute Gasteiger partial charge is 0.309 e. The van der Waals surface area contributed by atoms with Crippen LogP contribution in [0.25, 0.3) is 5.57 Å². The van der Waals surface area contributed by atoms with Crippen molar-refractivity contribution in [3.63, 3.8) is 0 Å². The molecule has 0 spiro atoms. The van der Waals surface area contributed by atoms with Gasteiger partial charge in [0.05, 0.1) is 0 Å². The maximum Gasteiger partial charge on any atom is 0.0185 e. The van der Waals surface area contributed by atoms with Gasteiger partial charge < -0.3 is 5.41 Å². The number of hydrogen-bond acceptors (Lipinski definition) is 1. The zero-order valence-corrected chi connectivity index (χ0v) is 11.5. The third-order valence-corrected chi connectivity index (χ3v) is 3.51. The van der Waals surface area contributed by atoms with Gasteiger partial charge in [-0.3, -0.25) is 0 Å². The van der Waals surface area contributed by atoms with E-state index in [1.54, 1.807) is 0 Å². The predicted molar refractivity (Wildman–Crippen MR) is 82.8 cm³/mol. The van der Waals surface area contributed by atoms with Crippen molar-refractivity contribution in [2.24, 2.45) is 0 Å². The van der Waals surface area contributed by atoms with Crippen LogP contribution in [0, 0.1) is 5.41 Å². The molecule has 2 rings (SSSR count). The van der Waals surface area contributed by atoms with Crippen LogP contribution in [-0.2, 0) is 0 Å². The molecule has 0 saturated carbocycles. The van der Waals surface area contributed by atoms with E-state index in [2.05, 4.69) is 43.8 Å². The van der Waals surface area contributed by atoms with Crippen LogP contribution in [0.5, 0.6) is 0 Å². The van der Waals surface area contributed by atoms with Gasteiger partial charge in [0, 0.05) is 11.6 Å². The van der Waals surface area contributed by atoms with Crippen LogP contribution in [0.4, 0.5) is 0 Å². The van der Waals surface area contributed by atoms with Crippen LogP contribution < -0.4 is 0 Å². The van der Waals surface area contributed by atoms with E-state index >= 15 is 0 Å². The molecule has 0 aromatic heterocycles. The molecule has 0 aliphatic carbocycles. The molecule has 0 bridgehead atoms. The van der Waals surface area contributed by atoms with Gasteiger partial charge in [-0.1, -0.05) is 68.1 Å². The van der Waals surface area contributed by atoms with E-state index in [0.717, 1.165) is 16.7 Å². The summed E-state index contributed by atoms with van der Waals surface area (Å²) < 4.78 is 0. The molecule has 1 heteroatoms. The molecular weight excluding hydrogens is 230 g/mol. The van der Waals surface area contributed by atoms with Crippen molar-refractivity contribution in [1.29, 1.82) is 5.41 Å². The summed E-state index contributed by atoms with van der Waals surface area (Å²) in [5.74, 6) is 0.156. The standard InChI is InChI=1S/C18H19N/c1-13(15(3)19)17-10-7-11-18(12-17)14(2)16-8-5-4-6-9-16/h4-13,19H,2H2,1,3H3. The lowest BCUT2D eigenvalue weighted by Gasteiger charge is -2.13. The van der Waals surface area contributed by atoms with Crippen LogP contribution in [-0.4, -0.2) is 5.71 Å². The summed E-state index contributed by atoms with van der Waals surface area (Å²) in [6, 6.07) is 18.5. The fourth-order valence-electron chi connectivity index (χ4n) is 2.05. The van der Waals surface area contributed by atoms with Crippen LogP contribution in [0.1, 0.15) is 36.5 Å². The molecule has 0 saturated heterocycles. The summed E-state index contributed by atoms with van der Waals surface area (Å²) in [6.45, 7) is 8.10. The van der Waals surface area contributed by atoms with Crippen molar-refractivity contribution in [3.05, 3.63) is 77.9 Å². The summed E-state index contributed by atoms with van der Waals surface area (Å²) in [5, 5.41) is 7.76. The first kappa shape index (κ1) is 13.3. The Kier molecular flexibility index (Phi) is 3.96. The molecule has 0 heterocycles. The molecule has 1 atom stereocenters. The topological polar surface area (TPSA) is 23.9 Å². The summed E-state index contributed by atoms with van der Waals surface area (Å²) in [6.07, 6.45) is 0. The average Bonchev–Trinajstić information content (AvgIpc) is 2.46. The highest BCUT2D eigenvalue weighted by atomic mass is 14.4. The highest BCUT2D eigenvalue weighted by Gasteiger charge is 2.09. The highest BCUT2D eigenvalue weighted by molar-refractivity contribution is 5.86. The molecule has 1 nitrogen and oxygen atoms in total. The van der Waals surface area contributed by atoms with Gasteiger partial charge >= 0.3 is 0 Å². The van der Waals surface area contributed by atoms with Gasteiger partial charge in [0.25, 0.3) is 0 Å². The molecule has 2 aromatic carbocycles. The van der Waals surface area contributed by atoms with E-state index in [1.807, 2.05) is 31.2 Å². The molecule has 19 heavy (non-hydrogen) atoms. The summed E-state index contributed by atoms with van der Waals surface area (Å²) in [5.41, 5.74) is 5.14. The van der Waals surface area contributed by atoms with Gasteiger partial charge in [0.15, 0.2) is 0 Å². The first-order valence-electron chi connectivity index (χ1n) is 6.49. The second-order valence-electron chi connectivity index (χ2n) is 4.87. The van der Waals surface area contributed by atoms with Crippen LogP contribution in [0.15, 0.2) is 61.2 Å². The minimum Gasteiger partial charge on any atom is -0.309 e. The monoisotopic (exact) mass is 249 g/mol. The van der Waals surface area contributed by atoms with E-state index in [-0.39, 0.29) is 5.92 Å². The minimum absolute atomic E-state index is 0.156. The van der Waals surface area contributed by atoms with Gasteiger partial charge in [0.1, 0.15) is 0 Å². The lowest BCUT2D eigenvalue weighted by molar-refractivity contribution is 0.999. The van der Waals surface area contributed by atoms with Gasteiger partial charge in [-0.15, -0.1) is 0 Å². The molecule has 0 amide bonds. The highest BCUT2D eigenvalue weighted by Crippen LogP contribution is 2.25. The van der Waals surface area contributed by atoms with E-state index in [9.17, 15) is 0 Å². The Balaban J connectivity index is 2.34. The lowest BCUT2D eigenvalue weighted by Crippen LogP contribution is -2.03. The third-order valence-electron chi connectivity index (χ3n) is 3.51. The molecule has 0 aliphatic rings. The summed E-state index contributed by atoms with van der Waals surface area (Å²) >= 11 is 0. The molecule has 96 valence electrons. The van der Waals surface area contributed by atoms with E-state index in [4.69, 9.17) is 5.41 Å². The molecule has 1 unspecified atom stereocenters. The van der Waals surface area contributed by atoms with Crippen LogP contribution in [0.2, 0.25) is 0 Å². The third kappa shape index (κ3) is 3.00. The lowest BCUT2D eigenvalue weighted by atomic mass is 9.92. The molecular formula is C18H19N. The maximum absolute atomic E-state index is 7.76. The Hall–Kier alpha value is -2.15. The van der Waals surface area contributed by atoms with Crippen molar-refractivity contribution in [1.82, 2.24) is 0 Å². The SMILES string of the molecule is C=C(c1ccccc1)c1cccc(C(C)C(C)=N)c1. The van der Waals surface area contributed by atoms with E-state index in [0.29, 0.717) is 5.71 Å². The van der Waals surface area contributed by atoms with Crippen LogP contribution >= 0.6 is 0 Å². The van der Waals surface area contributed by atoms with Gasteiger partial charge in [-0.2, -0.15) is 0 Å². The van der Waals surface area contributed by atoms with Crippen molar-refractivity contribution in [3.8, 4) is 0 Å². The number of nitrogens with one attached hydrogen (secondary N) is 1. The fraction of sp³-hybridized carbons (Fsp3) is 0.167. The van der Waals surface area contributed by atoms with Gasteiger partial charge in [0.2, 0.25) is 0 Å². The smallest absolute Gasteiger partial charge is 0.0185 e. The molecule has 2 aromatic rings. The van der Waals surface area contributed by atoms with Crippen molar-refractivity contribution in [2.45, 2.75) is 19.8 Å². The zero-order chi connectivity index (χ0) is 13.8. The van der Waals surface area contributed by atoms with Crippen molar-refractivity contribution >= 4 is 11.3 Å². The van der Waals surface area contributed by atoms with Crippen molar-refractivity contribution < 1.29 is 0 Å². The fourth-order valence-corrected chi connectivity index (χ4v) is 2.05. The Bertz CT molecular complexity index is 596. The van der Waals surface area contributed by atoms with E-state index in [1.165, 1.54) is 5.56 Å². The van der Waals surface area contributed by atoms with Gasteiger partial charge in [-0.05, 0) is 29.2 Å². The average molecular weight is 249 g/mol. The Morgan fingerprint density at radius 1 is 1.00 bits per heavy atom. The molecule has 1 N–H and O–H groups in total. The van der Waals surface area contributed by atoms with Gasteiger partial charge in [-0.25, -0.2) is 0 Å². The minimum atomic E-state index is 0.156. The molecule has 0 aliphatic heterocycles. The predicted octanol–water partition coefficient (Wildman–Crippen LogP) is 4.89. The maximum atomic E-state index is 7.76. The number of rotatable bonds is 4. The summed E-state index contributed by atoms with van der Waals surface area (Å²) in [7, 11) is 0. The first-order chi connectivity index (χ1) is 9.09. The van der Waals surface area contributed by atoms with Crippen molar-refractivity contribution in [2.75, 3.05) is 0 Å². The zero-order valence-electron chi connectivity index (χ0n) is 11.5. The Labute approximate surface area is 115 Å².